The summed E-state index contributed by atoms with van der Waals surface area (Å²) in [5.41, 5.74) is 0. The van der Waals surface area contributed by atoms with Gasteiger partial charge in [0.1, 0.15) is 0 Å². The number of halogens is 1. The molecule has 0 aliphatic rings. The molecule has 0 fully saturated rings. The van der Waals surface area contributed by atoms with Gasteiger partial charge in [0.25, 0.3) is 0 Å². The summed E-state index contributed by atoms with van der Waals surface area (Å²) < 4.78 is 0. The summed E-state index contributed by atoms with van der Waals surface area (Å²) in [6.45, 7) is 1.39. The third-order valence-corrected chi connectivity index (χ3v) is 2.00. The summed E-state index contributed by atoms with van der Waals surface area (Å²) in [6.07, 6.45) is 1.20. The standard InChI is InChI=1S/C6H15NOS.ClH/c1-7-3-2-5-9-6-4-8;/h7-8H,2-6H2,1H3;1H. The fraction of sp³-hybridized carbons (Fsp3) is 1.00. The van der Waals surface area contributed by atoms with E-state index in [1.165, 1.54) is 6.42 Å². The molecule has 4 heteroatoms. The Morgan fingerprint density at radius 3 is 2.60 bits per heavy atom. The molecule has 0 saturated heterocycles. The first kappa shape index (κ1) is 13.2. The highest BCUT2D eigenvalue weighted by molar-refractivity contribution is 7.99. The van der Waals surface area contributed by atoms with Gasteiger partial charge in [0.05, 0.1) is 6.61 Å². The predicted octanol–water partition coefficient (Wildman–Crippen LogP) is 0.743. The van der Waals surface area contributed by atoms with Crippen molar-refractivity contribution in [2.75, 3.05) is 31.7 Å². The van der Waals surface area contributed by atoms with Crippen LogP contribution >= 0.6 is 24.2 Å². The zero-order valence-electron chi connectivity index (χ0n) is 6.30. The predicted molar refractivity (Wildman–Crippen MR) is 50.2 cm³/mol. The Hall–Kier alpha value is 0.560. The van der Waals surface area contributed by atoms with Gasteiger partial charge in [-0.15, -0.1) is 12.4 Å². The molecule has 2 N–H and O–H groups in total. The van der Waals surface area contributed by atoms with Crippen LogP contribution in [0.3, 0.4) is 0 Å². The van der Waals surface area contributed by atoms with E-state index in [0.29, 0.717) is 6.61 Å². The van der Waals surface area contributed by atoms with E-state index in [1.54, 1.807) is 11.8 Å². The highest BCUT2D eigenvalue weighted by Gasteiger charge is 1.85. The topological polar surface area (TPSA) is 32.3 Å². The monoisotopic (exact) mass is 185 g/mol. The largest absolute Gasteiger partial charge is 0.396 e. The first-order valence-corrected chi connectivity index (χ1v) is 4.40. The molecule has 0 aliphatic heterocycles. The molecule has 0 aromatic carbocycles. The van der Waals surface area contributed by atoms with Gasteiger partial charge in [0.15, 0.2) is 0 Å². The fourth-order valence-corrected chi connectivity index (χ4v) is 1.20. The van der Waals surface area contributed by atoms with Crippen LogP contribution in [0.2, 0.25) is 0 Å². The molecule has 2 nitrogen and oxygen atoms in total. The normalized spacial score (nSPS) is 9.00. The van der Waals surface area contributed by atoms with Crippen LogP contribution in [0, 0.1) is 0 Å². The average Bonchev–Trinajstić information content (AvgIpc) is 1.89. The molecule has 0 aliphatic carbocycles. The zero-order valence-corrected chi connectivity index (χ0v) is 7.93. The number of aliphatic hydroxyl groups is 1. The second kappa shape index (κ2) is 12.3. The van der Waals surface area contributed by atoms with E-state index in [-0.39, 0.29) is 12.4 Å². The Kier molecular flexibility index (Phi) is 16.1. The second-order valence-electron chi connectivity index (χ2n) is 1.79. The van der Waals surface area contributed by atoms with E-state index in [2.05, 4.69) is 5.32 Å². The van der Waals surface area contributed by atoms with Crippen LogP contribution in [-0.2, 0) is 0 Å². The third-order valence-electron chi connectivity index (χ3n) is 0.951. The Bertz CT molecular complexity index is 51.0. The quantitative estimate of drug-likeness (QED) is 0.599. The third kappa shape index (κ3) is 11.4. The van der Waals surface area contributed by atoms with Crippen LogP contribution in [0.15, 0.2) is 0 Å². The van der Waals surface area contributed by atoms with Crippen molar-refractivity contribution in [3.63, 3.8) is 0 Å². The van der Waals surface area contributed by atoms with E-state index in [9.17, 15) is 0 Å². The Balaban J connectivity index is 0. The lowest BCUT2D eigenvalue weighted by Crippen LogP contribution is -2.08. The lowest BCUT2D eigenvalue weighted by atomic mass is 10.5. The molecule has 0 heterocycles. The molecular weight excluding hydrogens is 170 g/mol. The number of rotatable bonds is 6. The van der Waals surface area contributed by atoms with E-state index in [1.807, 2.05) is 7.05 Å². The summed E-state index contributed by atoms with van der Waals surface area (Å²) in [4.78, 5) is 0. The van der Waals surface area contributed by atoms with Gasteiger partial charge in [-0.2, -0.15) is 11.8 Å². The Labute approximate surface area is 73.2 Å². The molecule has 0 atom stereocenters. The van der Waals surface area contributed by atoms with Crippen molar-refractivity contribution in [3.8, 4) is 0 Å². The fourth-order valence-electron chi connectivity index (χ4n) is 0.518. The zero-order chi connectivity index (χ0) is 6.95. The molecule has 0 unspecified atom stereocenters. The molecule has 0 aromatic rings. The van der Waals surface area contributed by atoms with Crippen molar-refractivity contribution in [3.05, 3.63) is 0 Å². The first-order valence-electron chi connectivity index (χ1n) is 3.25. The molecule has 0 radical (unpaired) electrons. The number of thioether (sulfide) groups is 1. The van der Waals surface area contributed by atoms with Crippen LogP contribution in [0.25, 0.3) is 0 Å². The smallest absolute Gasteiger partial charge is 0.0521 e. The highest BCUT2D eigenvalue weighted by atomic mass is 35.5. The number of aliphatic hydroxyl groups excluding tert-OH is 1. The van der Waals surface area contributed by atoms with Crippen LogP contribution in [0.5, 0.6) is 0 Å². The average molecular weight is 186 g/mol. The van der Waals surface area contributed by atoms with Gasteiger partial charge in [0.2, 0.25) is 0 Å². The van der Waals surface area contributed by atoms with E-state index < -0.39 is 0 Å². The van der Waals surface area contributed by atoms with Crippen LogP contribution in [0.1, 0.15) is 6.42 Å². The lowest BCUT2D eigenvalue weighted by Gasteiger charge is -1.97. The van der Waals surface area contributed by atoms with Crippen molar-refractivity contribution in [2.45, 2.75) is 6.42 Å². The van der Waals surface area contributed by atoms with Crippen molar-refractivity contribution in [1.82, 2.24) is 5.32 Å². The SMILES string of the molecule is CNCCCSCCO.Cl. The summed E-state index contributed by atoms with van der Waals surface area (Å²) in [6, 6.07) is 0. The Morgan fingerprint density at radius 2 is 2.10 bits per heavy atom. The molecule has 64 valence electrons. The van der Waals surface area contributed by atoms with Crippen molar-refractivity contribution < 1.29 is 5.11 Å². The van der Waals surface area contributed by atoms with Gasteiger partial charge < -0.3 is 10.4 Å². The van der Waals surface area contributed by atoms with Crippen LogP contribution in [0.4, 0.5) is 0 Å². The van der Waals surface area contributed by atoms with E-state index >= 15 is 0 Å². The van der Waals surface area contributed by atoms with Crippen molar-refractivity contribution in [1.29, 1.82) is 0 Å². The number of hydrogen-bond donors (Lipinski definition) is 2. The minimum absolute atomic E-state index is 0. The lowest BCUT2D eigenvalue weighted by molar-refractivity contribution is 0.322. The minimum atomic E-state index is 0. The molecule has 0 rings (SSSR count). The van der Waals surface area contributed by atoms with E-state index in [4.69, 9.17) is 5.11 Å². The number of nitrogens with one attached hydrogen (secondary N) is 1. The van der Waals surface area contributed by atoms with Gasteiger partial charge >= 0.3 is 0 Å². The molecular formula is C6H16ClNOS. The maximum Gasteiger partial charge on any atom is 0.0521 e. The molecule has 0 bridgehead atoms. The summed E-state index contributed by atoms with van der Waals surface area (Å²) >= 11 is 1.80. The van der Waals surface area contributed by atoms with Crippen molar-refractivity contribution in [2.24, 2.45) is 0 Å². The molecule has 0 amide bonds. The second-order valence-corrected chi connectivity index (χ2v) is 3.02. The van der Waals surface area contributed by atoms with Gasteiger partial charge in [0, 0.05) is 5.75 Å². The molecule has 0 spiro atoms. The maximum absolute atomic E-state index is 8.39. The van der Waals surface area contributed by atoms with Crippen LogP contribution < -0.4 is 5.32 Å². The summed E-state index contributed by atoms with van der Waals surface area (Å²) in [5, 5.41) is 11.5. The highest BCUT2D eigenvalue weighted by Crippen LogP contribution is 1.99. The van der Waals surface area contributed by atoms with Crippen molar-refractivity contribution >= 4 is 24.2 Å². The minimum Gasteiger partial charge on any atom is -0.396 e. The molecule has 0 aromatic heterocycles. The number of hydrogen-bond acceptors (Lipinski definition) is 3. The van der Waals surface area contributed by atoms with Gasteiger partial charge in [-0.25, -0.2) is 0 Å². The van der Waals surface area contributed by atoms with Gasteiger partial charge in [-0.1, -0.05) is 0 Å². The summed E-state index contributed by atoms with van der Waals surface area (Å²) in [7, 11) is 1.96. The van der Waals surface area contributed by atoms with Gasteiger partial charge in [-0.05, 0) is 25.8 Å². The summed E-state index contributed by atoms with van der Waals surface area (Å²) in [5.74, 6) is 2.03. The van der Waals surface area contributed by atoms with Crippen LogP contribution in [-0.4, -0.2) is 36.8 Å². The Morgan fingerprint density at radius 1 is 1.40 bits per heavy atom. The first-order chi connectivity index (χ1) is 4.41. The molecule has 10 heavy (non-hydrogen) atoms. The molecule has 0 saturated carbocycles. The maximum atomic E-state index is 8.39. The van der Waals surface area contributed by atoms with E-state index in [0.717, 1.165) is 18.1 Å². The van der Waals surface area contributed by atoms with Gasteiger partial charge in [-0.3, -0.25) is 0 Å².